The van der Waals surface area contributed by atoms with Gasteiger partial charge in [0.1, 0.15) is 15.7 Å². The molecule has 0 fully saturated rings. The van der Waals surface area contributed by atoms with E-state index in [1.54, 1.807) is 0 Å². The summed E-state index contributed by atoms with van der Waals surface area (Å²) in [6, 6.07) is 0. The van der Waals surface area contributed by atoms with Gasteiger partial charge in [0.05, 0.1) is 6.61 Å². The zero-order chi connectivity index (χ0) is 18.1. The third kappa shape index (κ3) is 3.22. The molecule has 13 heteroatoms. The Morgan fingerprint density at radius 1 is 1.00 bits per heavy atom. The second-order valence-corrected chi connectivity index (χ2v) is 5.12. The molecule has 1 unspecified atom stereocenters. The summed E-state index contributed by atoms with van der Waals surface area (Å²) in [5.41, 5.74) is 0. The maximum atomic E-state index is 13.2. The molecule has 0 aromatic carbocycles. The Hall–Kier alpha value is -1.27. The highest BCUT2D eigenvalue weighted by molar-refractivity contribution is 7.91. The summed E-state index contributed by atoms with van der Waals surface area (Å²) in [6.45, 7) is 3.00. The molecule has 0 saturated heterocycles. The minimum atomic E-state index is -7.20. The van der Waals surface area contributed by atoms with Crippen molar-refractivity contribution in [3.05, 3.63) is 11.5 Å². The fourth-order valence-corrected chi connectivity index (χ4v) is 1.80. The van der Waals surface area contributed by atoms with E-state index >= 15 is 0 Å². The van der Waals surface area contributed by atoms with E-state index in [9.17, 15) is 48.5 Å². The van der Waals surface area contributed by atoms with Crippen LogP contribution >= 0.6 is 0 Å². The Kier molecular flexibility index (Phi) is 5.73. The van der Waals surface area contributed by atoms with Gasteiger partial charge in [-0.1, -0.05) is 6.58 Å². The van der Waals surface area contributed by atoms with Crippen molar-refractivity contribution < 1.29 is 53.3 Å². The molecule has 0 saturated carbocycles. The molecule has 0 aromatic heterocycles. The van der Waals surface area contributed by atoms with Gasteiger partial charge in [-0.25, -0.2) is 9.00 Å². The molecule has 0 aromatic rings. The lowest BCUT2D eigenvalue weighted by molar-refractivity contribution is -0.381. The monoisotopic (exact) mass is 366 g/mol. The van der Waals surface area contributed by atoms with Crippen LogP contribution in [0.3, 0.4) is 0 Å². The van der Waals surface area contributed by atoms with E-state index in [0.717, 1.165) is 6.92 Å². The maximum absolute atomic E-state index is 13.2. The van der Waals surface area contributed by atoms with Crippen LogP contribution in [0.2, 0.25) is 0 Å². The van der Waals surface area contributed by atoms with E-state index in [2.05, 4.69) is 11.3 Å². The Morgan fingerprint density at radius 2 is 1.41 bits per heavy atom. The predicted molar refractivity (Wildman–Crippen MR) is 54.8 cm³/mol. The van der Waals surface area contributed by atoms with Crippen LogP contribution in [0.4, 0.5) is 39.5 Å². The Morgan fingerprint density at radius 3 is 1.73 bits per heavy atom. The largest absolute Gasteiger partial charge is 0.462 e. The van der Waals surface area contributed by atoms with Crippen molar-refractivity contribution in [1.82, 2.24) is 0 Å². The minimum Gasteiger partial charge on any atom is -0.462 e. The van der Waals surface area contributed by atoms with Crippen molar-refractivity contribution in [3.8, 4) is 0 Å². The van der Waals surface area contributed by atoms with Crippen LogP contribution < -0.4 is 0 Å². The lowest BCUT2D eigenvalue weighted by Crippen LogP contribution is -2.62. The molecule has 3 nitrogen and oxygen atoms in total. The van der Waals surface area contributed by atoms with Crippen LogP contribution in [0.1, 0.15) is 6.92 Å². The van der Waals surface area contributed by atoms with E-state index in [-0.39, 0.29) is 0 Å². The van der Waals surface area contributed by atoms with Gasteiger partial charge in [-0.2, -0.15) is 39.5 Å². The first-order valence-corrected chi connectivity index (χ1v) is 6.18. The molecule has 130 valence electrons. The normalized spacial score (nSPS) is 15.4. The van der Waals surface area contributed by atoms with Crippen LogP contribution in [0, 0.1) is 0 Å². The number of esters is 1. The lowest BCUT2D eigenvalue weighted by Gasteiger charge is -2.32. The number of rotatable bonds is 6. The van der Waals surface area contributed by atoms with Gasteiger partial charge in [0.25, 0.3) is 0 Å². The van der Waals surface area contributed by atoms with Crippen molar-refractivity contribution in [3.63, 3.8) is 0 Å². The first kappa shape index (κ1) is 20.7. The maximum Gasteiger partial charge on any atom is 0.460 e. The molecule has 1 atom stereocenters. The van der Waals surface area contributed by atoms with Crippen molar-refractivity contribution in [2.75, 3.05) is 6.61 Å². The van der Waals surface area contributed by atoms with Gasteiger partial charge in [-0.05, 0) is 6.92 Å². The summed E-state index contributed by atoms with van der Waals surface area (Å²) >= 11 is 0. The van der Waals surface area contributed by atoms with E-state index in [4.69, 9.17) is 0 Å². The van der Waals surface area contributed by atoms with Crippen molar-refractivity contribution in [1.29, 1.82) is 0 Å². The molecule has 0 aliphatic heterocycles. The number of carbonyl (C=O) groups excluding carboxylic acids is 1. The molecule has 0 radical (unpaired) electrons. The highest BCUT2D eigenvalue weighted by atomic mass is 32.2. The molecule has 0 spiro atoms. The second kappa shape index (κ2) is 6.08. The first-order valence-electron chi connectivity index (χ1n) is 5.03. The van der Waals surface area contributed by atoms with E-state index in [1.807, 2.05) is 0 Å². The number of hydrogen-bond acceptors (Lipinski definition) is 3. The van der Waals surface area contributed by atoms with Crippen molar-refractivity contribution >= 4 is 16.8 Å². The molecular formula is C9H7F9O3S. The smallest absolute Gasteiger partial charge is 0.460 e. The van der Waals surface area contributed by atoms with Gasteiger partial charge in [-0.15, -0.1) is 0 Å². The third-order valence-electron chi connectivity index (χ3n) is 2.08. The van der Waals surface area contributed by atoms with Crippen molar-refractivity contribution in [2.24, 2.45) is 0 Å². The summed E-state index contributed by atoms with van der Waals surface area (Å²) in [4.78, 5) is 9.02. The van der Waals surface area contributed by atoms with Gasteiger partial charge in [0, 0.05) is 0 Å². The van der Waals surface area contributed by atoms with E-state index < -0.39 is 51.6 Å². The molecule has 22 heavy (non-hydrogen) atoms. The van der Waals surface area contributed by atoms with Crippen LogP contribution in [-0.2, 0) is 20.3 Å². The predicted octanol–water partition coefficient (Wildman–Crippen LogP) is 3.24. The van der Waals surface area contributed by atoms with Gasteiger partial charge in [0.15, 0.2) is 0 Å². The Bertz CT molecular complexity index is 483. The number of ether oxygens (including phenoxy) is 1. The van der Waals surface area contributed by atoms with Crippen molar-refractivity contribution in [2.45, 2.75) is 30.2 Å². The number of hydrogen-bond donors (Lipinski definition) is 0. The van der Waals surface area contributed by atoms with Crippen LogP contribution in [0.25, 0.3) is 0 Å². The van der Waals surface area contributed by atoms with Gasteiger partial charge >= 0.3 is 29.2 Å². The average molecular weight is 366 g/mol. The number of halogens is 9. The number of carbonyl (C=O) groups is 1. The lowest BCUT2D eigenvalue weighted by atomic mass is 10.1. The highest BCUT2D eigenvalue weighted by Gasteiger charge is 2.83. The zero-order valence-corrected chi connectivity index (χ0v) is 11.3. The fourth-order valence-electron chi connectivity index (χ4n) is 0.919. The molecule has 0 heterocycles. The summed E-state index contributed by atoms with van der Waals surface area (Å²) in [6.07, 6.45) is -7.05. The Balaban J connectivity index is 5.77. The summed E-state index contributed by atoms with van der Waals surface area (Å²) in [7, 11) is -4.59. The summed E-state index contributed by atoms with van der Waals surface area (Å²) < 4.78 is 128. The molecule has 0 aliphatic carbocycles. The van der Waals surface area contributed by atoms with Gasteiger partial charge in [0.2, 0.25) is 0 Å². The molecule has 0 aliphatic rings. The van der Waals surface area contributed by atoms with E-state index in [0.29, 0.717) is 0 Å². The topological polar surface area (TPSA) is 43.4 Å². The first-order chi connectivity index (χ1) is 9.55. The van der Waals surface area contributed by atoms with Crippen LogP contribution in [-0.4, -0.2) is 40.1 Å². The van der Waals surface area contributed by atoms with Gasteiger partial charge in [-0.3, -0.25) is 0 Å². The average Bonchev–Trinajstić information content (AvgIpc) is 2.35. The van der Waals surface area contributed by atoms with Crippen LogP contribution in [0.5, 0.6) is 0 Å². The van der Waals surface area contributed by atoms with Gasteiger partial charge < -0.3 is 4.74 Å². The SMILES string of the molecule is C=C(C(=O)OCC)S(=O)C(F)(F)C(F)(F)C(F)(F)C(F)(F)F. The summed E-state index contributed by atoms with van der Waals surface area (Å²) in [5.74, 6) is -16.2. The zero-order valence-electron chi connectivity index (χ0n) is 10.4. The Labute approximate surface area is 119 Å². The fraction of sp³-hybridized carbons (Fsp3) is 0.667. The second-order valence-electron chi connectivity index (χ2n) is 3.58. The molecule has 0 bridgehead atoms. The molecule has 0 amide bonds. The summed E-state index contributed by atoms with van der Waals surface area (Å²) in [5, 5.41) is -6.43. The quantitative estimate of drug-likeness (QED) is 0.412. The standard InChI is InChI=1S/C9H7F9O3S/c1-3-21-5(19)4(2)22(20)9(17,18)7(12,13)6(10,11)8(14,15)16/h2-3H2,1H3. The molecule has 0 N–H and O–H groups in total. The highest BCUT2D eigenvalue weighted by Crippen LogP contribution is 2.54. The number of alkyl halides is 9. The van der Waals surface area contributed by atoms with E-state index in [1.165, 1.54) is 0 Å². The molecule has 0 rings (SSSR count). The minimum absolute atomic E-state index is 0.504. The third-order valence-corrected chi connectivity index (χ3v) is 3.41. The molecular weight excluding hydrogens is 359 g/mol. The van der Waals surface area contributed by atoms with Crippen LogP contribution in [0.15, 0.2) is 11.5 Å².